The molecule has 1 heterocycles. The van der Waals surface area contributed by atoms with E-state index >= 15 is 0 Å². The van der Waals surface area contributed by atoms with E-state index in [4.69, 9.17) is 10.4 Å². The quantitative estimate of drug-likeness (QED) is 0.745. The molecule has 0 atom stereocenters. The molecule has 0 unspecified atom stereocenters. The first-order chi connectivity index (χ1) is 9.01. The molecule has 6 nitrogen and oxygen atoms in total. The number of nitrogens with zero attached hydrogens (tertiary/aromatic N) is 3. The molecule has 2 aliphatic rings. The lowest BCUT2D eigenvalue weighted by Gasteiger charge is -2.38. The predicted octanol–water partition coefficient (Wildman–Crippen LogP) is -0.380. The molecule has 1 N–H and O–H groups in total. The van der Waals surface area contributed by atoms with E-state index in [1.807, 2.05) is 0 Å². The zero-order valence-corrected chi connectivity index (χ0v) is 11.9. The maximum Gasteiger partial charge on any atom is 0.215 e. The van der Waals surface area contributed by atoms with Crippen LogP contribution in [0.3, 0.4) is 0 Å². The van der Waals surface area contributed by atoms with E-state index in [1.54, 1.807) is 0 Å². The van der Waals surface area contributed by atoms with Crippen LogP contribution in [0.1, 0.15) is 19.3 Å². The first kappa shape index (κ1) is 14.7. The lowest BCUT2D eigenvalue weighted by Crippen LogP contribution is -2.51. The maximum atomic E-state index is 12.3. The van der Waals surface area contributed by atoms with Gasteiger partial charge >= 0.3 is 0 Å². The summed E-state index contributed by atoms with van der Waals surface area (Å²) in [5, 5.41) is 18.0. The van der Waals surface area contributed by atoms with E-state index in [0.29, 0.717) is 45.6 Å². The Morgan fingerprint density at radius 1 is 1.21 bits per heavy atom. The largest absolute Gasteiger partial charge is 0.395 e. The number of piperazine rings is 1. The maximum absolute atomic E-state index is 12.3. The lowest BCUT2D eigenvalue weighted by atomic mass is 9.72. The summed E-state index contributed by atoms with van der Waals surface area (Å²) in [6, 6.07) is 2.19. The number of aliphatic hydroxyl groups excluding tert-OH is 1. The summed E-state index contributed by atoms with van der Waals surface area (Å²) >= 11 is 0. The van der Waals surface area contributed by atoms with Crippen molar-refractivity contribution >= 4 is 10.0 Å². The summed E-state index contributed by atoms with van der Waals surface area (Å²) in [6.07, 6.45) is 2.35. The minimum absolute atomic E-state index is 0.0312. The second-order valence-electron chi connectivity index (χ2n) is 5.47. The Labute approximate surface area is 114 Å². The minimum atomic E-state index is -3.33. The first-order valence-corrected chi connectivity index (χ1v) is 8.35. The Hall–Kier alpha value is -0.680. The molecule has 0 amide bonds. The molecule has 0 aromatic carbocycles. The summed E-state index contributed by atoms with van der Waals surface area (Å²) < 4.78 is 26.1. The monoisotopic (exact) mass is 287 g/mol. The number of rotatable bonds is 5. The van der Waals surface area contributed by atoms with Crippen LogP contribution in [0, 0.1) is 16.7 Å². The molecule has 19 heavy (non-hydrogen) atoms. The smallest absolute Gasteiger partial charge is 0.215 e. The Morgan fingerprint density at radius 2 is 1.84 bits per heavy atom. The number of aliphatic hydroxyl groups is 1. The molecule has 7 heteroatoms. The fourth-order valence-corrected chi connectivity index (χ4v) is 4.66. The highest BCUT2D eigenvalue weighted by Gasteiger charge is 2.43. The Bertz CT molecular complexity index is 445. The summed E-state index contributed by atoms with van der Waals surface area (Å²) in [6.45, 7) is 2.92. The van der Waals surface area contributed by atoms with Crippen LogP contribution in [-0.4, -0.2) is 67.8 Å². The highest BCUT2D eigenvalue weighted by molar-refractivity contribution is 7.89. The topological polar surface area (TPSA) is 84.6 Å². The van der Waals surface area contributed by atoms with Crippen LogP contribution in [0.15, 0.2) is 0 Å². The van der Waals surface area contributed by atoms with Crippen molar-refractivity contribution in [3.05, 3.63) is 0 Å². The van der Waals surface area contributed by atoms with Crippen molar-refractivity contribution in [2.24, 2.45) is 5.41 Å². The Kier molecular flexibility index (Phi) is 4.46. The average Bonchev–Trinajstić information content (AvgIpc) is 2.35. The van der Waals surface area contributed by atoms with Crippen molar-refractivity contribution in [2.75, 3.05) is 45.1 Å². The highest BCUT2D eigenvalue weighted by atomic mass is 32.2. The number of hydrogen-bond donors (Lipinski definition) is 1. The van der Waals surface area contributed by atoms with Gasteiger partial charge in [0.2, 0.25) is 10.0 Å². The van der Waals surface area contributed by atoms with Gasteiger partial charge in [-0.15, -0.1) is 0 Å². The van der Waals surface area contributed by atoms with E-state index in [9.17, 15) is 8.42 Å². The molecule has 1 aliphatic carbocycles. The molecular formula is C12H21N3O3S. The fraction of sp³-hybridized carbons (Fsp3) is 0.917. The molecule has 1 aliphatic heterocycles. The molecule has 0 aromatic rings. The summed E-state index contributed by atoms with van der Waals surface area (Å²) in [5.41, 5.74) is -0.638. The van der Waals surface area contributed by atoms with Gasteiger partial charge in [0.05, 0.1) is 23.8 Å². The lowest BCUT2D eigenvalue weighted by molar-refractivity contribution is 0.150. The third-order valence-electron chi connectivity index (χ3n) is 4.15. The second kappa shape index (κ2) is 5.75. The predicted molar refractivity (Wildman–Crippen MR) is 70.8 cm³/mol. The molecule has 0 bridgehead atoms. The Balaban J connectivity index is 1.93. The van der Waals surface area contributed by atoms with Gasteiger partial charge in [0.15, 0.2) is 0 Å². The SMILES string of the molecule is N#CC1(CS(=O)(=O)N2CCN(CCO)CC2)CCC1. The highest BCUT2D eigenvalue weighted by Crippen LogP contribution is 2.41. The van der Waals surface area contributed by atoms with Crippen molar-refractivity contribution < 1.29 is 13.5 Å². The zero-order valence-electron chi connectivity index (χ0n) is 11.1. The number of sulfonamides is 1. The zero-order chi connectivity index (χ0) is 13.9. The van der Waals surface area contributed by atoms with Gasteiger partial charge in [-0.1, -0.05) is 6.42 Å². The van der Waals surface area contributed by atoms with Gasteiger partial charge in [0, 0.05) is 32.7 Å². The van der Waals surface area contributed by atoms with Gasteiger partial charge in [0.1, 0.15) is 0 Å². The number of β-amino-alcohol motifs (C(OH)–C–C–N with tert-alkyl or cyclic N) is 1. The van der Waals surface area contributed by atoms with Crippen LogP contribution in [0.2, 0.25) is 0 Å². The molecule has 2 rings (SSSR count). The molecule has 1 saturated heterocycles. The van der Waals surface area contributed by atoms with E-state index < -0.39 is 15.4 Å². The van der Waals surface area contributed by atoms with Crippen molar-refractivity contribution in [1.29, 1.82) is 5.26 Å². The third-order valence-corrected chi connectivity index (χ3v) is 6.22. The van der Waals surface area contributed by atoms with E-state index in [1.165, 1.54) is 4.31 Å². The molecule has 0 aromatic heterocycles. The van der Waals surface area contributed by atoms with Gasteiger partial charge in [0.25, 0.3) is 0 Å². The fourth-order valence-electron chi connectivity index (χ4n) is 2.71. The van der Waals surface area contributed by atoms with Crippen LogP contribution in [0.25, 0.3) is 0 Å². The van der Waals surface area contributed by atoms with Crippen molar-refractivity contribution in [3.63, 3.8) is 0 Å². The van der Waals surface area contributed by atoms with Crippen molar-refractivity contribution in [2.45, 2.75) is 19.3 Å². The van der Waals surface area contributed by atoms with E-state index in [2.05, 4.69) is 11.0 Å². The molecule has 1 saturated carbocycles. The minimum Gasteiger partial charge on any atom is -0.395 e. The van der Waals surface area contributed by atoms with E-state index in [-0.39, 0.29) is 12.4 Å². The van der Waals surface area contributed by atoms with Crippen molar-refractivity contribution in [1.82, 2.24) is 9.21 Å². The van der Waals surface area contributed by atoms with Gasteiger partial charge in [-0.05, 0) is 12.8 Å². The number of nitriles is 1. The summed E-state index contributed by atoms with van der Waals surface area (Å²) in [5.74, 6) is -0.0312. The molecular weight excluding hydrogens is 266 g/mol. The number of hydrogen-bond acceptors (Lipinski definition) is 5. The third kappa shape index (κ3) is 3.26. The van der Waals surface area contributed by atoms with Gasteiger partial charge in [-0.2, -0.15) is 9.57 Å². The summed E-state index contributed by atoms with van der Waals surface area (Å²) in [4.78, 5) is 2.05. The van der Waals surface area contributed by atoms with Crippen LogP contribution >= 0.6 is 0 Å². The van der Waals surface area contributed by atoms with Crippen molar-refractivity contribution in [3.8, 4) is 6.07 Å². The molecule has 0 radical (unpaired) electrons. The average molecular weight is 287 g/mol. The second-order valence-corrected chi connectivity index (χ2v) is 7.44. The van der Waals surface area contributed by atoms with Crippen LogP contribution in [0.4, 0.5) is 0 Å². The Morgan fingerprint density at radius 3 is 2.26 bits per heavy atom. The molecule has 0 spiro atoms. The summed E-state index contributed by atoms with van der Waals surface area (Å²) in [7, 11) is -3.33. The van der Waals surface area contributed by atoms with Crippen LogP contribution in [0.5, 0.6) is 0 Å². The van der Waals surface area contributed by atoms with Crippen LogP contribution in [-0.2, 0) is 10.0 Å². The first-order valence-electron chi connectivity index (χ1n) is 6.74. The van der Waals surface area contributed by atoms with E-state index in [0.717, 1.165) is 6.42 Å². The van der Waals surface area contributed by atoms with Crippen LogP contribution < -0.4 is 0 Å². The van der Waals surface area contributed by atoms with Gasteiger partial charge in [-0.25, -0.2) is 8.42 Å². The van der Waals surface area contributed by atoms with Gasteiger partial charge in [-0.3, -0.25) is 4.90 Å². The van der Waals surface area contributed by atoms with Gasteiger partial charge < -0.3 is 5.11 Å². The molecule has 2 fully saturated rings. The normalized spacial score (nSPS) is 24.6. The standard InChI is InChI=1S/C12H21N3O3S/c13-10-12(2-1-3-12)11-19(17,18)15-6-4-14(5-7-15)8-9-16/h16H,1-9,11H2. The molecule has 108 valence electrons.